The van der Waals surface area contributed by atoms with E-state index < -0.39 is 17.6 Å². The second kappa shape index (κ2) is 12.2. The lowest BCUT2D eigenvalue weighted by Gasteiger charge is -2.10. The average Bonchev–Trinajstić information content (AvgIpc) is 3.46. The van der Waals surface area contributed by atoms with Gasteiger partial charge < -0.3 is 14.6 Å². The Bertz CT molecular complexity index is 1540. The molecule has 208 valence electrons. The summed E-state index contributed by atoms with van der Waals surface area (Å²) in [5.41, 5.74) is 6.39. The van der Waals surface area contributed by atoms with Gasteiger partial charge in [0.05, 0.1) is 36.1 Å². The molecule has 4 aromatic rings. The molecule has 2 aromatic heterocycles. The zero-order valence-electron chi connectivity index (χ0n) is 21.9. The Labute approximate surface area is 232 Å². The van der Waals surface area contributed by atoms with Crippen molar-refractivity contribution in [2.45, 2.75) is 33.4 Å². The summed E-state index contributed by atoms with van der Waals surface area (Å²) in [7, 11) is 0. The lowest BCUT2D eigenvalue weighted by atomic mass is 10.2. The Balaban J connectivity index is 1.35. The molecule has 1 amide bonds. The predicted octanol–water partition coefficient (Wildman–Crippen LogP) is 6.18. The number of alkyl halides is 3. The van der Waals surface area contributed by atoms with Crippen LogP contribution in [0.25, 0.3) is 5.69 Å². The van der Waals surface area contributed by atoms with E-state index in [1.807, 2.05) is 36.6 Å². The number of ether oxygens (including phenoxy) is 1. The van der Waals surface area contributed by atoms with Crippen LogP contribution in [0.15, 0.2) is 65.1 Å². The zero-order chi connectivity index (χ0) is 28.9. The van der Waals surface area contributed by atoms with Crippen molar-refractivity contribution in [2.75, 3.05) is 11.9 Å². The van der Waals surface area contributed by atoms with Gasteiger partial charge in [0.15, 0.2) is 5.13 Å². The maximum absolute atomic E-state index is 12.9. The molecule has 4 rings (SSSR count). The van der Waals surface area contributed by atoms with Gasteiger partial charge in [-0.05, 0) is 69.3 Å². The maximum Gasteiger partial charge on any atom is 0.416 e. The average molecular weight is 570 g/mol. The van der Waals surface area contributed by atoms with Gasteiger partial charge >= 0.3 is 12.1 Å². The highest BCUT2D eigenvalue weighted by Crippen LogP contribution is 2.32. The third-order valence-corrected chi connectivity index (χ3v) is 6.64. The van der Waals surface area contributed by atoms with Gasteiger partial charge in [0.25, 0.3) is 0 Å². The second-order valence-corrected chi connectivity index (χ2v) is 9.60. The Hall–Kier alpha value is -4.45. The van der Waals surface area contributed by atoms with Gasteiger partial charge in [0, 0.05) is 33.7 Å². The summed E-state index contributed by atoms with van der Waals surface area (Å²) in [4.78, 5) is 28.6. The molecule has 40 heavy (non-hydrogen) atoms. The van der Waals surface area contributed by atoms with Crippen LogP contribution in [-0.4, -0.2) is 34.2 Å². The van der Waals surface area contributed by atoms with Crippen molar-refractivity contribution in [2.24, 2.45) is 5.10 Å². The predicted molar refractivity (Wildman–Crippen MR) is 147 cm³/mol. The fraction of sp³-hybridized carbons (Fsp3) is 0.214. The van der Waals surface area contributed by atoms with Crippen LogP contribution < -0.4 is 10.7 Å². The highest BCUT2D eigenvalue weighted by molar-refractivity contribution is 7.13. The SMILES string of the molecule is CCOC(=O)c1ccc(-n2c(C)cc(/C=N\NC(=O)Cc3csc(Nc4cccc(C(F)(F)F)c4)n3)c2C)cc1. The van der Waals surface area contributed by atoms with Gasteiger partial charge in [-0.3, -0.25) is 4.79 Å². The molecule has 0 unspecified atom stereocenters. The number of esters is 1. The van der Waals surface area contributed by atoms with E-state index in [1.165, 1.54) is 23.5 Å². The largest absolute Gasteiger partial charge is 0.462 e. The quantitative estimate of drug-likeness (QED) is 0.143. The third-order valence-electron chi connectivity index (χ3n) is 5.83. The molecule has 0 aliphatic carbocycles. The van der Waals surface area contributed by atoms with Gasteiger partial charge in [0.1, 0.15) is 0 Å². The van der Waals surface area contributed by atoms with Crippen molar-refractivity contribution in [1.29, 1.82) is 0 Å². The lowest BCUT2D eigenvalue weighted by molar-refractivity contribution is -0.137. The molecule has 0 atom stereocenters. The first-order chi connectivity index (χ1) is 19.0. The Morgan fingerprint density at radius 2 is 1.88 bits per heavy atom. The van der Waals surface area contributed by atoms with E-state index in [0.717, 1.165) is 34.8 Å². The van der Waals surface area contributed by atoms with Crippen molar-refractivity contribution >= 4 is 40.2 Å². The number of nitrogens with zero attached hydrogens (tertiary/aromatic N) is 3. The monoisotopic (exact) mass is 569 g/mol. The number of rotatable bonds is 9. The number of carbonyl (C=O) groups excluding carboxylic acids is 2. The van der Waals surface area contributed by atoms with E-state index >= 15 is 0 Å². The number of hydrazone groups is 1. The van der Waals surface area contributed by atoms with Crippen LogP contribution in [0.3, 0.4) is 0 Å². The van der Waals surface area contributed by atoms with Crippen LogP contribution >= 0.6 is 11.3 Å². The molecule has 0 bridgehead atoms. The van der Waals surface area contributed by atoms with E-state index in [9.17, 15) is 22.8 Å². The molecule has 0 spiro atoms. The molecule has 0 aliphatic rings. The summed E-state index contributed by atoms with van der Waals surface area (Å²) < 4.78 is 45.8. The number of nitrogens with one attached hydrogen (secondary N) is 2. The van der Waals surface area contributed by atoms with E-state index in [1.54, 1.807) is 30.7 Å². The number of anilines is 2. The third kappa shape index (κ3) is 6.94. The molecule has 0 aliphatic heterocycles. The first kappa shape index (κ1) is 28.6. The van der Waals surface area contributed by atoms with Crippen LogP contribution in [0, 0.1) is 13.8 Å². The topological polar surface area (TPSA) is 97.6 Å². The van der Waals surface area contributed by atoms with Crippen molar-refractivity contribution in [1.82, 2.24) is 15.0 Å². The molecule has 0 radical (unpaired) electrons. The Morgan fingerprint density at radius 1 is 1.12 bits per heavy atom. The highest BCUT2D eigenvalue weighted by atomic mass is 32.1. The smallest absolute Gasteiger partial charge is 0.416 e. The van der Waals surface area contributed by atoms with Crippen molar-refractivity contribution < 1.29 is 27.5 Å². The number of hydrogen-bond donors (Lipinski definition) is 2. The van der Waals surface area contributed by atoms with E-state index in [0.29, 0.717) is 23.0 Å². The normalized spacial score (nSPS) is 11.6. The first-order valence-electron chi connectivity index (χ1n) is 12.2. The molecule has 2 N–H and O–H groups in total. The number of hydrogen-bond acceptors (Lipinski definition) is 7. The van der Waals surface area contributed by atoms with Gasteiger partial charge in [-0.15, -0.1) is 11.3 Å². The minimum atomic E-state index is -4.44. The van der Waals surface area contributed by atoms with Crippen LogP contribution in [0.5, 0.6) is 0 Å². The first-order valence-corrected chi connectivity index (χ1v) is 13.1. The number of thiazole rings is 1. The van der Waals surface area contributed by atoms with E-state index in [2.05, 4.69) is 20.8 Å². The number of benzene rings is 2. The summed E-state index contributed by atoms with van der Waals surface area (Å²) in [5.74, 6) is -0.769. The summed E-state index contributed by atoms with van der Waals surface area (Å²) in [6.07, 6.45) is -2.95. The van der Waals surface area contributed by atoms with Crippen molar-refractivity contribution in [3.8, 4) is 5.69 Å². The fourth-order valence-corrected chi connectivity index (χ4v) is 4.73. The van der Waals surface area contributed by atoms with E-state index in [-0.39, 0.29) is 18.1 Å². The minimum absolute atomic E-state index is 0.0516. The number of amides is 1. The Kier molecular flexibility index (Phi) is 8.68. The van der Waals surface area contributed by atoms with Crippen molar-refractivity contribution in [3.05, 3.63) is 93.7 Å². The standard InChI is InChI=1S/C28H26F3N5O3S/c1-4-39-26(38)19-8-10-24(11-9-19)36-17(2)12-20(18(36)3)15-32-35-25(37)14-23-16-40-27(34-23)33-22-7-5-6-21(13-22)28(29,30)31/h5-13,15-16H,4,14H2,1-3H3,(H,33,34)(H,35,37)/b32-15-. The molecule has 2 aromatic carbocycles. The van der Waals surface area contributed by atoms with Crippen LogP contribution in [0.1, 0.15) is 45.5 Å². The summed E-state index contributed by atoms with van der Waals surface area (Å²) in [5, 5.41) is 8.92. The molecule has 0 saturated carbocycles. The second-order valence-electron chi connectivity index (χ2n) is 8.75. The summed E-state index contributed by atoms with van der Waals surface area (Å²) in [6.45, 7) is 5.92. The van der Waals surface area contributed by atoms with Crippen LogP contribution in [-0.2, 0) is 22.1 Å². The van der Waals surface area contributed by atoms with Crippen LogP contribution in [0.2, 0.25) is 0 Å². The Morgan fingerprint density at radius 3 is 2.58 bits per heavy atom. The van der Waals surface area contributed by atoms with Gasteiger partial charge in [0.2, 0.25) is 5.91 Å². The molecule has 8 nitrogen and oxygen atoms in total. The zero-order valence-corrected chi connectivity index (χ0v) is 22.7. The molecule has 0 saturated heterocycles. The maximum atomic E-state index is 12.9. The fourth-order valence-electron chi connectivity index (χ4n) is 4.00. The van der Waals surface area contributed by atoms with Gasteiger partial charge in [-0.1, -0.05) is 6.07 Å². The number of carbonyl (C=O) groups is 2. The number of aryl methyl sites for hydroxylation is 1. The molecule has 0 fully saturated rings. The number of halogens is 3. The summed E-state index contributed by atoms with van der Waals surface area (Å²) in [6, 6.07) is 13.8. The lowest BCUT2D eigenvalue weighted by Crippen LogP contribution is -2.20. The van der Waals surface area contributed by atoms with Crippen LogP contribution in [0.4, 0.5) is 24.0 Å². The molecule has 2 heterocycles. The highest BCUT2D eigenvalue weighted by Gasteiger charge is 2.30. The van der Waals surface area contributed by atoms with Gasteiger partial charge in [-0.2, -0.15) is 18.3 Å². The number of aromatic nitrogens is 2. The van der Waals surface area contributed by atoms with Gasteiger partial charge in [-0.25, -0.2) is 15.2 Å². The molecular weight excluding hydrogens is 543 g/mol. The molecule has 12 heteroatoms. The molecular formula is C28H26F3N5O3S. The van der Waals surface area contributed by atoms with E-state index in [4.69, 9.17) is 4.74 Å². The van der Waals surface area contributed by atoms with Crippen molar-refractivity contribution in [3.63, 3.8) is 0 Å². The minimum Gasteiger partial charge on any atom is -0.462 e. The summed E-state index contributed by atoms with van der Waals surface area (Å²) >= 11 is 1.18.